The average Bonchev–Trinajstić information content (AvgIpc) is 2.21. The number of ether oxygens (including phenoxy) is 1. The van der Waals surface area contributed by atoms with E-state index >= 15 is 0 Å². The molecule has 68 valence electrons. The van der Waals surface area contributed by atoms with Crippen LogP contribution in [0.2, 0.25) is 0 Å². The van der Waals surface area contributed by atoms with Gasteiger partial charge in [-0.05, 0) is 17.7 Å². The van der Waals surface area contributed by atoms with Crippen LogP contribution < -0.4 is 4.74 Å². The van der Waals surface area contributed by atoms with Gasteiger partial charge in [-0.3, -0.25) is 4.79 Å². The van der Waals surface area contributed by atoms with Gasteiger partial charge in [-0.1, -0.05) is 23.7 Å². The topological polar surface area (TPSA) is 26.3 Å². The van der Waals surface area contributed by atoms with Crippen molar-refractivity contribution in [2.45, 2.75) is 0 Å². The van der Waals surface area contributed by atoms with E-state index in [2.05, 4.69) is 0 Å². The zero-order valence-electron chi connectivity index (χ0n) is 7.16. The van der Waals surface area contributed by atoms with Gasteiger partial charge in [0.15, 0.2) is 6.29 Å². The number of hydrogen-bond acceptors (Lipinski definition) is 2. The Morgan fingerprint density at radius 3 is 2.38 bits per heavy atom. The first-order valence-electron chi connectivity index (χ1n) is 3.72. The molecule has 0 N–H and O–H groups in total. The molecule has 0 heterocycles. The molecule has 0 aliphatic heterocycles. The molecular formula is C10H9ClO2. The van der Waals surface area contributed by atoms with Crippen LogP contribution in [0.3, 0.4) is 0 Å². The number of methoxy groups -OCH3 is 1. The third-order valence-corrected chi connectivity index (χ3v) is 1.90. The lowest BCUT2D eigenvalue weighted by atomic mass is 10.1. The lowest BCUT2D eigenvalue weighted by molar-refractivity contribution is -0.103. The van der Waals surface area contributed by atoms with Gasteiger partial charge in [0, 0.05) is 11.1 Å². The number of carbonyl (C=O) groups is 1. The molecule has 0 atom stereocenters. The Morgan fingerprint density at radius 1 is 1.38 bits per heavy atom. The molecular weight excluding hydrogens is 188 g/mol. The van der Waals surface area contributed by atoms with E-state index in [-0.39, 0.29) is 0 Å². The number of halogens is 1. The summed E-state index contributed by atoms with van der Waals surface area (Å²) in [6, 6.07) is 7.11. The van der Waals surface area contributed by atoms with Gasteiger partial charge in [-0.2, -0.15) is 0 Å². The van der Waals surface area contributed by atoms with Gasteiger partial charge in [-0.15, -0.1) is 0 Å². The van der Waals surface area contributed by atoms with Gasteiger partial charge in [-0.25, -0.2) is 0 Å². The molecule has 1 rings (SSSR count). The van der Waals surface area contributed by atoms with Crippen molar-refractivity contribution in [2.24, 2.45) is 0 Å². The molecule has 0 aromatic heterocycles. The summed E-state index contributed by atoms with van der Waals surface area (Å²) in [6.45, 7) is 0. The first kappa shape index (κ1) is 9.81. The molecule has 1 aromatic carbocycles. The molecule has 2 nitrogen and oxygen atoms in total. The summed E-state index contributed by atoms with van der Waals surface area (Å²) in [5, 5.41) is 0. The van der Waals surface area contributed by atoms with Crippen molar-refractivity contribution in [2.75, 3.05) is 7.11 Å². The van der Waals surface area contributed by atoms with Crippen molar-refractivity contribution in [1.82, 2.24) is 0 Å². The minimum Gasteiger partial charge on any atom is -0.497 e. The van der Waals surface area contributed by atoms with E-state index < -0.39 is 0 Å². The third kappa shape index (κ3) is 2.33. The molecule has 0 aliphatic carbocycles. The van der Waals surface area contributed by atoms with Crippen LogP contribution in [0.15, 0.2) is 29.8 Å². The van der Waals surface area contributed by atoms with Crippen molar-refractivity contribution in [3.05, 3.63) is 35.4 Å². The average molecular weight is 197 g/mol. The highest BCUT2D eigenvalue weighted by Crippen LogP contribution is 2.17. The van der Waals surface area contributed by atoms with Gasteiger partial charge >= 0.3 is 0 Å². The number of carbonyl (C=O) groups excluding carboxylic acids is 1. The standard InChI is InChI=1S/C10H9ClO2/c1-13-10-4-2-8(3-5-10)9(6-11)7-12/h2-7H,1H3. The summed E-state index contributed by atoms with van der Waals surface area (Å²) in [5.74, 6) is 0.753. The summed E-state index contributed by atoms with van der Waals surface area (Å²) in [6.07, 6.45) is 0.717. The molecule has 0 saturated carbocycles. The Hall–Kier alpha value is -1.28. The second kappa shape index (κ2) is 4.67. The maximum Gasteiger partial charge on any atom is 0.151 e. The molecule has 0 radical (unpaired) electrons. The number of benzene rings is 1. The van der Waals surface area contributed by atoms with Gasteiger partial charge in [0.2, 0.25) is 0 Å². The Balaban J connectivity index is 2.97. The van der Waals surface area contributed by atoms with Crippen LogP contribution in [-0.2, 0) is 4.79 Å². The van der Waals surface area contributed by atoms with E-state index in [1.54, 1.807) is 31.4 Å². The lowest BCUT2D eigenvalue weighted by Crippen LogP contribution is -1.86. The second-order valence-electron chi connectivity index (χ2n) is 2.41. The van der Waals surface area contributed by atoms with E-state index in [4.69, 9.17) is 16.3 Å². The number of hydrogen-bond donors (Lipinski definition) is 0. The Bertz CT molecular complexity index is 314. The first-order chi connectivity index (χ1) is 6.31. The van der Waals surface area contributed by atoms with Crippen molar-refractivity contribution >= 4 is 23.5 Å². The summed E-state index contributed by atoms with van der Waals surface area (Å²) in [4.78, 5) is 10.5. The van der Waals surface area contributed by atoms with Crippen molar-refractivity contribution in [1.29, 1.82) is 0 Å². The van der Waals surface area contributed by atoms with Crippen LogP contribution in [0.5, 0.6) is 5.75 Å². The molecule has 0 saturated heterocycles. The molecule has 0 aliphatic rings. The maximum atomic E-state index is 10.5. The van der Waals surface area contributed by atoms with Gasteiger partial charge < -0.3 is 4.74 Å². The molecule has 0 unspecified atom stereocenters. The predicted molar refractivity (Wildman–Crippen MR) is 52.9 cm³/mol. The van der Waals surface area contributed by atoms with Crippen molar-refractivity contribution in [3.8, 4) is 5.75 Å². The number of aldehydes is 1. The van der Waals surface area contributed by atoms with Crippen molar-refractivity contribution in [3.63, 3.8) is 0 Å². The summed E-state index contributed by atoms with van der Waals surface area (Å²) in [5.41, 5.74) is 2.50. The highest BCUT2D eigenvalue weighted by atomic mass is 35.5. The summed E-state index contributed by atoms with van der Waals surface area (Å²) < 4.78 is 4.98. The number of rotatable bonds is 3. The summed E-state index contributed by atoms with van der Waals surface area (Å²) in [7, 11) is 1.59. The maximum absolute atomic E-state index is 10.5. The van der Waals surface area contributed by atoms with Crippen LogP contribution in [0.1, 0.15) is 5.56 Å². The fourth-order valence-electron chi connectivity index (χ4n) is 0.940. The second-order valence-corrected chi connectivity index (χ2v) is 2.63. The van der Waals surface area contributed by atoms with E-state index in [1.807, 2.05) is 0 Å². The quantitative estimate of drug-likeness (QED) is 0.549. The minimum atomic E-state index is 0.462. The fraction of sp³-hybridized carbons (Fsp3) is 0.100. The molecule has 3 heteroatoms. The van der Waals surface area contributed by atoms with Crippen LogP contribution in [0.4, 0.5) is 0 Å². The summed E-state index contributed by atoms with van der Waals surface area (Å²) >= 11 is 5.45. The molecule has 13 heavy (non-hydrogen) atoms. The minimum absolute atomic E-state index is 0.462. The molecule has 1 aromatic rings. The highest BCUT2D eigenvalue weighted by Gasteiger charge is 1.98. The largest absolute Gasteiger partial charge is 0.497 e. The highest BCUT2D eigenvalue weighted by molar-refractivity contribution is 6.32. The number of allylic oxidation sites excluding steroid dienone is 1. The fourth-order valence-corrected chi connectivity index (χ4v) is 1.12. The molecule has 0 spiro atoms. The normalized spacial score (nSPS) is 11.1. The SMILES string of the molecule is COc1ccc(C(C=O)=CCl)cc1. The zero-order valence-corrected chi connectivity index (χ0v) is 7.91. The van der Waals surface area contributed by atoms with Crippen LogP contribution in [-0.4, -0.2) is 13.4 Å². The third-order valence-electron chi connectivity index (χ3n) is 1.67. The van der Waals surface area contributed by atoms with E-state index in [1.165, 1.54) is 5.54 Å². The van der Waals surface area contributed by atoms with Gasteiger partial charge in [0.1, 0.15) is 5.75 Å². The van der Waals surface area contributed by atoms with Crippen molar-refractivity contribution < 1.29 is 9.53 Å². The van der Waals surface area contributed by atoms with Gasteiger partial charge in [0.25, 0.3) is 0 Å². The Morgan fingerprint density at radius 2 is 2.00 bits per heavy atom. The van der Waals surface area contributed by atoms with E-state index in [0.29, 0.717) is 5.57 Å². The molecule has 0 bridgehead atoms. The smallest absolute Gasteiger partial charge is 0.151 e. The first-order valence-corrected chi connectivity index (χ1v) is 4.15. The zero-order chi connectivity index (χ0) is 9.68. The van der Waals surface area contributed by atoms with Crippen LogP contribution >= 0.6 is 11.6 Å². The van der Waals surface area contributed by atoms with E-state index in [0.717, 1.165) is 17.6 Å². The lowest BCUT2D eigenvalue weighted by Gasteiger charge is -2.01. The predicted octanol–water partition coefficient (Wildman–Crippen LogP) is 2.47. The van der Waals surface area contributed by atoms with Crippen LogP contribution in [0, 0.1) is 0 Å². The molecule has 0 fully saturated rings. The Labute approximate surface area is 81.8 Å². The van der Waals surface area contributed by atoms with Gasteiger partial charge in [0.05, 0.1) is 7.11 Å². The Kier molecular flexibility index (Phi) is 3.53. The van der Waals surface area contributed by atoms with E-state index in [9.17, 15) is 4.79 Å². The molecule has 0 amide bonds. The monoisotopic (exact) mass is 196 g/mol. The van der Waals surface area contributed by atoms with Crippen LogP contribution in [0.25, 0.3) is 5.57 Å².